The smallest absolute Gasteiger partial charge is 0.414 e. The molecule has 0 aromatic heterocycles. The third kappa shape index (κ3) is 8.61. The summed E-state index contributed by atoms with van der Waals surface area (Å²) in [5.74, 6) is -2.64. The molecule has 2 atom stereocenters. The van der Waals surface area contributed by atoms with Gasteiger partial charge < -0.3 is 24.3 Å². The molecule has 1 N–H and O–H groups in total. The number of carbonyl (C=O) groups is 2. The van der Waals surface area contributed by atoms with Gasteiger partial charge in [0.2, 0.25) is 0 Å². The normalized spacial score (nSPS) is 18.7. The largest absolute Gasteiger partial charge is 0.444 e. The van der Waals surface area contributed by atoms with Crippen molar-refractivity contribution in [1.82, 2.24) is 5.32 Å². The molecule has 0 saturated carbocycles. The van der Waals surface area contributed by atoms with Gasteiger partial charge in [0.15, 0.2) is 5.79 Å². The number of rotatable bonds is 6. The lowest BCUT2D eigenvalue weighted by Gasteiger charge is -2.31. The third-order valence-electron chi connectivity index (χ3n) is 4.93. The minimum absolute atomic E-state index is 0.0628. The Labute approximate surface area is 206 Å². The van der Waals surface area contributed by atoms with Crippen molar-refractivity contribution in [1.29, 1.82) is 0 Å². The van der Waals surface area contributed by atoms with Crippen LogP contribution in [0, 0.1) is 11.6 Å². The van der Waals surface area contributed by atoms with Crippen molar-refractivity contribution < 1.29 is 37.3 Å². The number of alkyl carbamates (subject to hydrolysis) is 1. The molecule has 2 rings (SSSR count). The Hall–Kier alpha value is -2.46. The maximum Gasteiger partial charge on any atom is 0.414 e. The second-order valence-electron chi connectivity index (χ2n) is 10.9. The van der Waals surface area contributed by atoms with Crippen LogP contribution in [0.5, 0.6) is 0 Å². The minimum atomic E-state index is -0.923. The molecule has 8 nitrogen and oxygen atoms in total. The van der Waals surface area contributed by atoms with E-state index >= 15 is 4.39 Å². The Morgan fingerprint density at radius 3 is 2.23 bits per heavy atom. The van der Waals surface area contributed by atoms with E-state index in [1.165, 1.54) is 0 Å². The van der Waals surface area contributed by atoms with Gasteiger partial charge in [-0.15, -0.1) is 0 Å². The molecular weight excluding hydrogens is 462 g/mol. The summed E-state index contributed by atoms with van der Waals surface area (Å²) in [5, 5.41) is 2.75. The number of halogens is 2. The fraction of sp³-hybridized carbons (Fsp3) is 0.680. The zero-order valence-corrected chi connectivity index (χ0v) is 22.1. The molecule has 1 fully saturated rings. The summed E-state index contributed by atoms with van der Waals surface area (Å²) in [6.07, 6.45) is -2.18. The molecule has 0 bridgehead atoms. The van der Waals surface area contributed by atoms with Gasteiger partial charge in [-0.25, -0.2) is 18.4 Å². The van der Waals surface area contributed by atoms with Gasteiger partial charge in [-0.05, 0) is 80.4 Å². The van der Waals surface area contributed by atoms with E-state index in [-0.39, 0.29) is 30.8 Å². The summed E-state index contributed by atoms with van der Waals surface area (Å²) in [6, 6.07) is 1.07. The molecule has 198 valence electrons. The molecule has 1 aromatic rings. The standard InChI is InChI=1S/C25H38F2N2O6/c1-10-29(22(31)35-24(5,6)7)20-15(11-16(26)13-17(20)27)12-18(19-14-32-25(8,9)33-19)28-21(30)34-23(2,3)4/h11,13,18-19H,10,12,14H2,1-9H3,(H,28,30). The zero-order valence-electron chi connectivity index (χ0n) is 22.1. The fourth-order valence-corrected chi connectivity index (χ4v) is 3.66. The van der Waals surface area contributed by atoms with Crippen LogP contribution in [0.15, 0.2) is 12.1 Å². The Kier molecular flexibility index (Phi) is 8.76. The SMILES string of the molecule is CCN(C(=O)OC(C)(C)C)c1c(F)cc(F)cc1CC(NC(=O)OC(C)(C)C)C1COC(C)(C)O1. The van der Waals surface area contributed by atoms with Gasteiger partial charge in [0.1, 0.15) is 28.9 Å². The summed E-state index contributed by atoms with van der Waals surface area (Å²) in [5.41, 5.74) is -1.54. The van der Waals surface area contributed by atoms with Crippen molar-refractivity contribution in [2.75, 3.05) is 18.1 Å². The predicted molar refractivity (Wildman–Crippen MR) is 127 cm³/mol. The molecule has 2 amide bonds. The third-order valence-corrected chi connectivity index (χ3v) is 4.93. The molecule has 1 aromatic carbocycles. The van der Waals surface area contributed by atoms with E-state index in [1.807, 2.05) is 0 Å². The first-order valence-electron chi connectivity index (χ1n) is 11.7. The number of benzene rings is 1. The van der Waals surface area contributed by atoms with Crippen molar-refractivity contribution in [2.45, 2.75) is 97.9 Å². The van der Waals surface area contributed by atoms with Crippen LogP contribution in [0.2, 0.25) is 0 Å². The van der Waals surface area contributed by atoms with Crippen LogP contribution in [0.4, 0.5) is 24.1 Å². The van der Waals surface area contributed by atoms with Crippen LogP contribution in [-0.4, -0.2) is 54.5 Å². The van der Waals surface area contributed by atoms with Gasteiger partial charge in [0, 0.05) is 12.6 Å². The second kappa shape index (κ2) is 10.7. The van der Waals surface area contributed by atoms with Crippen LogP contribution in [0.25, 0.3) is 0 Å². The molecule has 2 unspecified atom stereocenters. The Balaban J connectivity index is 2.46. The van der Waals surface area contributed by atoms with Crippen molar-refractivity contribution in [2.24, 2.45) is 0 Å². The molecule has 1 heterocycles. The van der Waals surface area contributed by atoms with E-state index in [2.05, 4.69) is 5.32 Å². The summed E-state index contributed by atoms with van der Waals surface area (Å²) >= 11 is 0. The first kappa shape index (κ1) is 28.8. The molecule has 35 heavy (non-hydrogen) atoms. The Morgan fingerprint density at radius 1 is 1.14 bits per heavy atom. The average Bonchev–Trinajstić information content (AvgIpc) is 3.00. The van der Waals surface area contributed by atoms with E-state index in [9.17, 15) is 14.0 Å². The maximum absolute atomic E-state index is 15.1. The topological polar surface area (TPSA) is 86.3 Å². The van der Waals surface area contributed by atoms with Crippen molar-refractivity contribution >= 4 is 17.9 Å². The Morgan fingerprint density at radius 2 is 1.74 bits per heavy atom. The highest BCUT2D eigenvalue weighted by Gasteiger charge is 2.39. The van der Waals surface area contributed by atoms with Crippen LogP contribution < -0.4 is 10.2 Å². The highest BCUT2D eigenvalue weighted by Crippen LogP contribution is 2.31. The van der Waals surface area contributed by atoms with Gasteiger partial charge in [0.05, 0.1) is 18.3 Å². The molecule has 1 aliphatic rings. The van der Waals surface area contributed by atoms with Crippen LogP contribution in [-0.2, 0) is 25.4 Å². The second-order valence-corrected chi connectivity index (χ2v) is 10.9. The highest BCUT2D eigenvalue weighted by molar-refractivity contribution is 5.89. The molecule has 0 spiro atoms. The van der Waals surface area contributed by atoms with E-state index in [0.717, 1.165) is 11.0 Å². The van der Waals surface area contributed by atoms with E-state index < -0.39 is 53.0 Å². The zero-order chi connectivity index (χ0) is 26.8. The first-order valence-corrected chi connectivity index (χ1v) is 11.7. The number of ether oxygens (including phenoxy) is 4. The van der Waals surface area contributed by atoms with E-state index in [1.54, 1.807) is 62.3 Å². The van der Waals surface area contributed by atoms with Crippen molar-refractivity contribution in [3.8, 4) is 0 Å². The van der Waals surface area contributed by atoms with Crippen LogP contribution in [0.1, 0.15) is 67.9 Å². The number of anilines is 1. The number of carbonyl (C=O) groups excluding carboxylic acids is 2. The minimum Gasteiger partial charge on any atom is -0.444 e. The lowest BCUT2D eigenvalue weighted by molar-refractivity contribution is -0.141. The quantitative estimate of drug-likeness (QED) is 0.570. The predicted octanol–water partition coefficient (Wildman–Crippen LogP) is 5.31. The molecule has 1 saturated heterocycles. The number of nitrogens with one attached hydrogen (secondary N) is 1. The molecule has 0 aliphatic carbocycles. The van der Waals surface area contributed by atoms with E-state index in [4.69, 9.17) is 18.9 Å². The fourth-order valence-electron chi connectivity index (χ4n) is 3.66. The van der Waals surface area contributed by atoms with Crippen molar-refractivity contribution in [3.05, 3.63) is 29.3 Å². The molecule has 0 radical (unpaired) electrons. The monoisotopic (exact) mass is 500 g/mol. The molecule has 10 heteroatoms. The first-order chi connectivity index (χ1) is 15.9. The lowest BCUT2D eigenvalue weighted by atomic mass is 9.99. The average molecular weight is 501 g/mol. The number of nitrogens with zero attached hydrogens (tertiary/aromatic N) is 1. The molecular formula is C25H38F2N2O6. The van der Waals surface area contributed by atoms with Crippen LogP contribution >= 0.6 is 0 Å². The summed E-state index contributed by atoms with van der Waals surface area (Å²) in [4.78, 5) is 26.5. The number of hydrogen-bond donors (Lipinski definition) is 1. The summed E-state index contributed by atoms with van der Waals surface area (Å²) in [7, 11) is 0. The van der Waals surface area contributed by atoms with Gasteiger partial charge in [0.25, 0.3) is 0 Å². The van der Waals surface area contributed by atoms with E-state index in [0.29, 0.717) is 6.07 Å². The van der Waals surface area contributed by atoms with Crippen LogP contribution in [0.3, 0.4) is 0 Å². The molecule has 1 aliphatic heterocycles. The van der Waals surface area contributed by atoms with Crippen molar-refractivity contribution in [3.63, 3.8) is 0 Å². The summed E-state index contributed by atoms with van der Waals surface area (Å²) < 4.78 is 51.8. The van der Waals surface area contributed by atoms with Gasteiger partial charge in [-0.3, -0.25) is 4.90 Å². The Bertz CT molecular complexity index is 924. The number of amides is 2. The highest BCUT2D eigenvalue weighted by atomic mass is 19.1. The summed E-state index contributed by atoms with van der Waals surface area (Å²) in [6.45, 7) is 15.6. The maximum atomic E-state index is 15.1. The van der Waals surface area contributed by atoms with Gasteiger partial charge >= 0.3 is 12.2 Å². The van der Waals surface area contributed by atoms with Gasteiger partial charge in [-0.2, -0.15) is 0 Å². The van der Waals surface area contributed by atoms with Gasteiger partial charge in [-0.1, -0.05) is 0 Å². The lowest BCUT2D eigenvalue weighted by Crippen LogP contribution is -2.48. The number of hydrogen-bond acceptors (Lipinski definition) is 6.